The van der Waals surface area contributed by atoms with Gasteiger partial charge in [-0.1, -0.05) is 61.2 Å². The van der Waals surface area contributed by atoms with Crippen LogP contribution in [0.1, 0.15) is 58.8 Å². The maximum absolute atomic E-state index is 12.3. The van der Waals surface area contributed by atoms with E-state index in [0.29, 0.717) is 46.9 Å². The molecule has 3 rings (SSSR count). The molecule has 0 fully saturated rings. The Balaban J connectivity index is 1.90. The van der Waals surface area contributed by atoms with Crippen molar-refractivity contribution in [2.45, 2.75) is 90.0 Å². The fourth-order valence-corrected chi connectivity index (χ4v) is 12.1. The van der Waals surface area contributed by atoms with Crippen molar-refractivity contribution in [3.05, 3.63) is 28.8 Å². The molecule has 1 aromatic rings. The molecule has 1 heterocycles. The molecule has 202 valence electrons. The van der Waals surface area contributed by atoms with E-state index in [4.69, 9.17) is 23.4 Å². The molecule has 2 aliphatic rings. The van der Waals surface area contributed by atoms with Crippen molar-refractivity contribution in [1.82, 2.24) is 0 Å². The zero-order chi connectivity index (χ0) is 26.7. The first-order valence-electron chi connectivity index (χ1n) is 13.3. The second-order valence-electron chi connectivity index (χ2n) is 12.3. The molecule has 1 aliphatic carbocycles. The summed E-state index contributed by atoms with van der Waals surface area (Å²) >= 11 is 0. The Hall–Kier alpha value is -1.46. The van der Waals surface area contributed by atoms with Gasteiger partial charge in [-0.15, -0.1) is 0 Å². The van der Waals surface area contributed by atoms with Crippen LogP contribution in [0.3, 0.4) is 0 Å². The molecule has 2 atom stereocenters. The van der Waals surface area contributed by atoms with Crippen molar-refractivity contribution >= 4 is 28.8 Å². The number of carbonyl (C=O) groups excluding carboxylic acids is 1. The molecule has 0 spiro atoms. The van der Waals surface area contributed by atoms with Crippen molar-refractivity contribution in [2.75, 3.05) is 26.8 Å². The minimum Gasteiger partial charge on any atom is -0.454 e. The molecule has 0 saturated heterocycles. The van der Waals surface area contributed by atoms with Crippen LogP contribution in [0.2, 0.25) is 42.3 Å². The second-order valence-corrected chi connectivity index (χ2v) is 23.3. The molecule has 0 radical (unpaired) electrons. The topological polar surface area (TPSA) is 63.2 Å². The lowest BCUT2D eigenvalue weighted by molar-refractivity contribution is -0.114. The quantitative estimate of drug-likeness (QED) is 0.115. The third-order valence-electron chi connectivity index (χ3n) is 7.68. The van der Waals surface area contributed by atoms with E-state index in [9.17, 15) is 4.79 Å². The van der Waals surface area contributed by atoms with Gasteiger partial charge < -0.3 is 23.4 Å². The van der Waals surface area contributed by atoms with Crippen LogP contribution in [0, 0.1) is 5.92 Å². The molecule has 6 nitrogen and oxygen atoms in total. The molecule has 1 aromatic carbocycles. The second kappa shape index (κ2) is 11.9. The fourth-order valence-electron chi connectivity index (χ4n) is 5.83. The molecule has 36 heavy (non-hydrogen) atoms. The molecule has 2 unspecified atom stereocenters. The normalized spacial score (nSPS) is 19.7. The van der Waals surface area contributed by atoms with Gasteiger partial charge in [-0.25, -0.2) is 0 Å². The molecular formula is C28H46O6Si2. The van der Waals surface area contributed by atoms with Crippen molar-refractivity contribution in [3.63, 3.8) is 0 Å². The fraction of sp³-hybridized carbons (Fsp3) is 0.679. The van der Waals surface area contributed by atoms with Gasteiger partial charge in [-0.05, 0) is 52.0 Å². The molecule has 0 N–H and O–H groups in total. The Morgan fingerprint density at radius 2 is 1.61 bits per heavy atom. The number of rotatable bonds is 13. The van der Waals surface area contributed by atoms with Gasteiger partial charge in [0.2, 0.25) is 6.79 Å². The smallest absolute Gasteiger partial charge is 0.231 e. The highest BCUT2D eigenvalue weighted by Gasteiger charge is 2.46. The van der Waals surface area contributed by atoms with Gasteiger partial charge in [-0.3, -0.25) is 4.79 Å². The van der Waals surface area contributed by atoms with Crippen LogP contribution in [0.15, 0.2) is 17.7 Å². The highest BCUT2D eigenvalue weighted by Crippen LogP contribution is 2.47. The lowest BCUT2D eigenvalue weighted by atomic mass is 9.81. The summed E-state index contributed by atoms with van der Waals surface area (Å²) in [5, 5.41) is 0. The highest BCUT2D eigenvalue weighted by atomic mass is 28.4. The first-order chi connectivity index (χ1) is 16.9. The Labute approximate surface area is 219 Å². The lowest BCUT2D eigenvalue weighted by Gasteiger charge is -2.44. The van der Waals surface area contributed by atoms with Crippen LogP contribution in [-0.2, 0) is 18.7 Å². The first kappa shape index (κ1) is 29.1. The minimum atomic E-state index is -2.13. The van der Waals surface area contributed by atoms with Crippen LogP contribution >= 0.6 is 0 Å². The summed E-state index contributed by atoms with van der Waals surface area (Å²) in [5.74, 6) is 1.18. The SMILES string of the molecule is CC(C)[Si](OCC1C(C=O)=Cc2cc3c(cc2C1OCOCC[Si](C)(C)C)OCO3)(C(C)C)C(C)C. The van der Waals surface area contributed by atoms with Gasteiger partial charge in [0.15, 0.2) is 19.8 Å². The number of aldehydes is 1. The minimum absolute atomic E-state index is 0.173. The van der Waals surface area contributed by atoms with E-state index in [1.54, 1.807) is 0 Å². The van der Waals surface area contributed by atoms with E-state index < -0.39 is 16.4 Å². The summed E-state index contributed by atoms with van der Waals surface area (Å²) in [6.07, 6.45) is 2.53. The first-order valence-corrected chi connectivity index (χ1v) is 19.2. The molecular weight excluding hydrogens is 488 g/mol. The van der Waals surface area contributed by atoms with Gasteiger partial charge in [0.25, 0.3) is 0 Å². The van der Waals surface area contributed by atoms with E-state index in [0.717, 1.165) is 23.5 Å². The Kier molecular flexibility index (Phi) is 9.65. The molecule has 1 aliphatic heterocycles. The number of hydrogen-bond acceptors (Lipinski definition) is 6. The molecule has 0 amide bonds. The van der Waals surface area contributed by atoms with Crippen molar-refractivity contribution in [2.24, 2.45) is 5.92 Å². The summed E-state index contributed by atoms with van der Waals surface area (Å²) in [4.78, 5) is 12.3. The van der Waals surface area contributed by atoms with Crippen LogP contribution in [0.4, 0.5) is 0 Å². The number of hydrogen-bond donors (Lipinski definition) is 0. The van der Waals surface area contributed by atoms with Gasteiger partial charge in [0.1, 0.15) is 13.1 Å². The van der Waals surface area contributed by atoms with E-state index in [2.05, 4.69) is 61.2 Å². The lowest BCUT2D eigenvalue weighted by Crippen LogP contribution is -2.49. The van der Waals surface area contributed by atoms with Crippen LogP contribution < -0.4 is 9.47 Å². The Bertz CT molecular complexity index is 913. The molecule has 0 bridgehead atoms. The van der Waals surface area contributed by atoms with Gasteiger partial charge in [0.05, 0.1) is 6.10 Å². The van der Waals surface area contributed by atoms with E-state index in [-0.39, 0.29) is 25.6 Å². The third kappa shape index (κ3) is 6.33. The third-order valence-corrected chi connectivity index (χ3v) is 15.5. The maximum atomic E-state index is 12.3. The molecule has 0 aromatic heterocycles. The zero-order valence-corrected chi connectivity index (χ0v) is 25.7. The van der Waals surface area contributed by atoms with Crippen LogP contribution in [0.5, 0.6) is 11.5 Å². The molecule has 8 heteroatoms. The van der Waals surface area contributed by atoms with E-state index >= 15 is 0 Å². The van der Waals surface area contributed by atoms with Gasteiger partial charge in [0, 0.05) is 32.8 Å². The van der Waals surface area contributed by atoms with Crippen molar-refractivity contribution in [1.29, 1.82) is 0 Å². The van der Waals surface area contributed by atoms with Gasteiger partial charge in [-0.2, -0.15) is 0 Å². The average molecular weight is 535 g/mol. The summed E-state index contributed by atoms with van der Waals surface area (Å²) < 4.78 is 30.5. The predicted octanol–water partition coefficient (Wildman–Crippen LogP) is 7.19. The summed E-state index contributed by atoms with van der Waals surface area (Å²) in [7, 11) is -3.32. The largest absolute Gasteiger partial charge is 0.454 e. The number of carbonyl (C=O) groups is 1. The zero-order valence-electron chi connectivity index (χ0n) is 23.7. The highest BCUT2D eigenvalue weighted by molar-refractivity contribution is 6.77. The standard InChI is InChI=1S/C28H46O6Si2/c1-19(2)36(20(3)4,21(5)6)34-16-25-23(15-29)12-22-13-26-27(32-18-31-26)14-24(22)28(25)33-17-30-10-11-35(7,8)9/h12-15,19-21,25,28H,10-11,16-18H2,1-9H3. The van der Waals surface area contributed by atoms with Crippen molar-refractivity contribution < 1.29 is 28.2 Å². The Morgan fingerprint density at radius 1 is 1.00 bits per heavy atom. The number of fused-ring (bicyclic) bond motifs is 2. The van der Waals surface area contributed by atoms with Crippen molar-refractivity contribution in [3.8, 4) is 11.5 Å². The predicted molar refractivity (Wildman–Crippen MR) is 150 cm³/mol. The summed E-state index contributed by atoms with van der Waals surface area (Å²) in [6, 6.07) is 5.01. The monoisotopic (exact) mass is 534 g/mol. The molecule has 0 saturated carbocycles. The van der Waals surface area contributed by atoms with E-state index in [1.165, 1.54) is 0 Å². The van der Waals surface area contributed by atoms with Gasteiger partial charge >= 0.3 is 0 Å². The number of benzene rings is 1. The Morgan fingerprint density at radius 3 is 2.17 bits per heavy atom. The summed E-state index contributed by atoms with van der Waals surface area (Å²) in [6.45, 7) is 22.2. The number of ether oxygens (including phenoxy) is 4. The van der Waals surface area contributed by atoms with Crippen LogP contribution in [0.25, 0.3) is 6.08 Å². The maximum Gasteiger partial charge on any atom is 0.231 e. The average Bonchev–Trinajstić information content (AvgIpc) is 3.24. The summed E-state index contributed by atoms with van der Waals surface area (Å²) in [5.41, 5.74) is 3.95. The van der Waals surface area contributed by atoms with Crippen LogP contribution in [-0.4, -0.2) is 49.5 Å². The van der Waals surface area contributed by atoms with E-state index in [1.807, 2.05) is 18.2 Å².